The molecule has 0 atom stereocenters. The first kappa shape index (κ1) is 41.8. The van der Waals surface area contributed by atoms with Crippen molar-refractivity contribution in [3.8, 4) is 11.5 Å². The highest BCUT2D eigenvalue weighted by molar-refractivity contribution is 5.98. The third kappa shape index (κ3) is 10.7. The van der Waals surface area contributed by atoms with Gasteiger partial charge in [0.1, 0.15) is 11.5 Å². The van der Waals surface area contributed by atoms with Gasteiger partial charge in [0.2, 0.25) is 0 Å². The van der Waals surface area contributed by atoms with Gasteiger partial charge in [-0.2, -0.15) is 0 Å². The molecule has 6 heteroatoms. The highest BCUT2D eigenvalue weighted by atomic mass is 16.3. The molecule has 6 nitrogen and oxygen atoms in total. The van der Waals surface area contributed by atoms with E-state index >= 15 is 0 Å². The number of unbranched alkanes of at least 4 members (excludes halogenated alkanes) is 2. The van der Waals surface area contributed by atoms with Crippen molar-refractivity contribution >= 4 is 11.8 Å². The minimum absolute atomic E-state index is 0.0494. The van der Waals surface area contributed by atoms with Gasteiger partial charge in [0, 0.05) is 27.2 Å². The topological polar surface area (TPSA) is 81.1 Å². The van der Waals surface area contributed by atoms with Gasteiger partial charge in [-0.15, -0.1) is 0 Å². The lowest BCUT2D eigenvalue weighted by atomic mass is 9.92. The van der Waals surface area contributed by atoms with Gasteiger partial charge in [-0.25, -0.2) is 0 Å². The zero-order valence-electron chi connectivity index (χ0n) is 33.9. The van der Waals surface area contributed by atoms with E-state index in [2.05, 4.69) is 79.7 Å². The Morgan fingerprint density at radius 2 is 0.865 bits per heavy atom. The highest BCUT2D eigenvalue weighted by Gasteiger charge is 2.21. The van der Waals surface area contributed by atoms with Gasteiger partial charge < -0.3 is 20.0 Å². The van der Waals surface area contributed by atoms with Gasteiger partial charge in [0.05, 0.1) is 11.1 Å². The molecular formula is C46H62N2O4. The molecule has 4 aromatic carbocycles. The quantitative estimate of drug-likeness (QED) is 0.154. The highest BCUT2D eigenvalue weighted by Crippen LogP contribution is 2.30. The Balaban J connectivity index is 0.000000288. The average Bonchev–Trinajstić information content (AvgIpc) is 3.07. The smallest absolute Gasteiger partial charge is 0.257 e. The van der Waals surface area contributed by atoms with E-state index in [0.717, 1.165) is 73.9 Å². The maximum atomic E-state index is 13.3. The fourth-order valence-corrected chi connectivity index (χ4v) is 7.05. The second-order valence-corrected chi connectivity index (χ2v) is 14.9. The molecule has 280 valence electrons. The molecule has 0 aliphatic carbocycles. The van der Waals surface area contributed by atoms with Crippen LogP contribution in [-0.2, 0) is 12.8 Å². The summed E-state index contributed by atoms with van der Waals surface area (Å²) >= 11 is 0. The van der Waals surface area contributed by atoms with E-state index in [0.29, 0.717) is 11.1 Å². The Bertz CT molecular complexity index is 1830. The Morgan fingerprint density at radius 3 is 1.19 bits per heavy atom. The van der Waals surface area contributed by atoms with Crippen molar-refractivity contribution in [3.63, 3.8) is 0 Å². The maximum absolute atomic E-state index is 13.3. The molecule has 4 aromatic rings. The van der Waals surface area contributed by atoms with Crippen LogP contribution in [0.4, 0.5) is 0 Å². The average molecular weight is 707 g/mol. The minimum Gasteiger partial charge on any atom is -0.507 e. The largest absolute Gasteiger partial charge is 0.507 e. The van der Waals surface area contributed by atoms with E-state index in [9.17, 15) is 19.8 Å². The summed E-state index contributed by atoms with van der Waals surface area (Å²) in [5.74, 6) is -0.0320. The van der Waals surface area contributed by atoms with E-state index < -0.39 is 0 Å². The number of aromatic hydroxyl groups is 2. The van der Waals surface area contributed by atoms with Crippen LogP contribution in [0, 0.1) is 55.4 Å². The van der Waals surface area contributed by atoms with Crippen molar-refractivity contribution < 1.29 is 19.8 Å². The first-order chi connectivity index (χ1) is 24.5. The number of phenolic OH excluding ortho intramolecular Hbond substituents is 2. The molecule has 0 aliphatic heterocycles. The number of amides is 2. The molecule has 52 heavy (non-hydrogen) atoms. The predicted molar refractivity (Wildman–Crippen MR) is 216 cm³/mol. The van der Waals surface area contributed by atoms with Crippen molar-refractivity contribution in [1.82, 2.24) is 9.80 Å². The van der Waals surface area contributed by atoms with Crippen molar-refractivity contribution in [1.29, 1.82) is 0 Å². The summed E-state index contributed by atoms with van der Waals surface area (Å²) in [5, 5.41) is 20.9. The van der Waals surface area contributed by atoms with Gasteiger partial charge in [0.15, 0.2) is 0 Å². The van der Waals surface area contributed by atoms with E-state index in [4.69, 9.17) is 0 Å². The fourth-order valence-electron chi connectivity index (χ4n) is 7.05. The van der Waals surface area contributed by atoms with E-state index in [1.165, 1.54) is 49.4 Å². The molecule has 0 bridgehead atoms. The van der Waals surface area contributed by atoms with E-state index in [-0.39, 0.29) is 23.3 Å². The van der Waals surface area contributed by atoms with Crippen molar-refractivity contribution in [2.24, 2.45) is 0 Å². The minimum atomic E-state index is -0.176. The summed E-state index contributed by atoms with van der Waals surface area (Å²) < 4.78 is 0. The summed E-state index contributed by atoms with van der Waals surface area (Å²) in [4.78, 5) is 28.9. The summed E-state index contributed by atoms with van der Waals surface area (Å²) in [6.07, 6.45) is 5.59. The number of carbonyl (C=O) groups excluding carboxylic acids is 2. The lowest BCUT2D eigenvalue weighted by Gasteiger charge is -2.24. The van der Waals surface area contributed by atoms with Crippen LogP contribution in [-0.4, -0.2) is 59.0 Å². The number of aryl methyl sites for hydroxylation is 8. The standard InChI is InChI=1S/C26H37NO2.C20H25NO2/c1-7-9-11-27(12-10-8-2)26(29)24-17-22(15-21(6)25(24)28)16-23-19(4)13-18(3)14-20(23)5;1-12-7-13(2)17(14(3)8-12)10-16-9-15(4)19(22)18(11-16)20(23)21(5)6/h13-15,17,28H,7-12,16H2,1-6H3;7-9,11,22H,10H2,1-6H3. The third-order valence-corrected chi connectivity index (χ3v) is 9.88. The van der Waals surface area contributed by atoms with E-state index in [1.54, 1.807) is 14.1 Å². The monoisotopic (exact) mass is 706 g/mol. The SMILES string of the molecule is CCCCN(CCCC)C(=O)c1cc(Cc2c(C)cc(C)cc2C)cc(C)c1O.Cc1cc(C)c(Cc2cc(C)c(O)c(C(=O)N(C)C)c2)c(C)c1. The number of rotatable bonds is 12. The van der Waals surface area contributed by atoms with Crippen LogP contribution in [0.5, 0.6) is 11.5 Å². The molecule has 0 fully saturated rings. The lowest BCUT2D eigenvalue weighted by molar-refractivity contribution is 0.0747. The van der Waals surface area contributed by atoms with Crippen LogP contribution >= 0.6 is 0 Å². The molecule has 0 aromatic heterocycles. The van der Waals surface area contributed by atoms with Crippen LogP contribution in [0.3, 0.4) is 0 Å². The zero-order valence-corrected chi connectivity index (χ0v) is 33.9. The van der Waals surface area contributed by atoms with Gasteiger partial charge in [-0.3, -0.25) is 9.59 Å². The molecule has 0 heterocycles. The molecule has 2 amide bonds. The molecule has 0 unspecified atom stereocenters. The van der Waals surface area contributed by atoms with Crippen molar-refractivity contribution in [2.75, 3.05) is 27.2 Å². The normalized spacial score (nSPS) is 10.8. The lowest BCUT2D eigenvalue weighted by Crippen LogP contribution is -2.33. The number of hydrogen-bond donors (Lipinski definition) is 2. The first-order valence-corrected chi connectivity index (χ1v) is 18.8. The summed E-state index contributed by atoms with van der Waals surface area (Å²) in [5.41, 5.74) is 14.6. The maximum Gasteiger partial charge on any atom is 0.257 e. The molecule has 0 spiro atoms. The summed E-state index contributed by atoms with van der Waals surface area (Å²) in [7, 11) is 3.39. The molecule has 0 saturated carbocycles. The van der Waals surface area contributed by atoms with Gasteiger partial charge >= 0.3 is 0 Å². The Hall–Kier alpha value is -4.58. The van der Waals surface area contributed by atoms with Crippen molar-refractivity contribution in [3.05, 3.63) is 126 Å². The van der Waals surface area contributed by atoms with Crippen LogP contribution < -0.4 is 0 Å². The Morgan fingerprint density at radius 1 is 0.519 bits per heavy atom. The van der Waals surface area contributed by atoms with Crippen LogP contribution in [0.25, 0.3) is 0 Å². The molecule has 4 rings (SSSR count). The number of benzene rings is 4. The fraction of sp³-hybridized carbons (Fsp3) is 0.435. The first-order valence-electron chi connectivity index (χ1n) is 18.8. The summed E-state index contributed by atoms with van der Waals surface area (Å²) in [6.45, 7) is 22.2. The molecule has 0 aliphatic rings. The van der Waals surface area contributed by atoms with Crippen molar-refractivity contribution in [2.45, 2.75) is 108 Å². The second kappa shape index (κ2) is 18.8. The Labute approximate surface area is 313 Å². The summed E-state index contributed by atoms with van der Waals surface area (Å²) in [6, 6.07) is 16.5. The third-order valence-electron chi connectivity index (χ3n) is 9.88. The second-order valence-electron chi connectivity index (χ2n) is 14.9. The van der Waals surface area contributed by atoms with Crippen LogP contribution in [0.1, 0.15) is 127 Å². The number of hydrogen-bond acceptors (Lipinski definition) is 4. The predicted octanol–water partition coefficient (Wildman–Crippen LogP) is 10.2. The van der Waals surface area contributed by atoms with Gasteiger partial charge in [0.25, 0.3) is 11.8 Å². The van der Waals surface area contributed by atoms with Gasteiger partial charge in [-0.05, 0) is 149 Å². The van der Waals surface area contributed by atoms with Gasteiger partial charge in [-0.1, -0.05) is 74.2 Å². The van der Waals surface area contributed by atoms with E-state index in [1.807, 2.05) is 43.0 Å². The molecule has 0 saturated heterocycles. The molecular weight excluding hydrogens is 645 g/mol. The Kier molecular flexibility index (Phi) is 15.1. The number of carbonyl (C=O) groups is 2. The van der Waals surface area contributed by atoms with Crippen LogP contribution in [0.2, 0.25) is 0 Å². The molecule has 2 N–H and O–H groups in total. The molecule has 0 radical (unpaired) electrons. The number of nitrogens with zero attached hydrogens (tertiary/aromatic N) is 2. The van der Waals surface area contributed by atoms with Crippen LogP contribution in [0.15, 0.2) is 48.5 Å². The number of phenols is 2. The zero-order chi connectivity index (χ0) is 38.9.